The summed E-state index contributed by atoms with van der Waals surface area (Å²) in [5.74, 6) is 2.58. The van der Waals surface area contributed by atoms with Gasteiger partial charge in [-0.05, 0) is 56.5 Å². The van der Waals surface area contributed by atoms with Gasteiger partial charge >= 0.3 is 0 Å². The second-order valence-electron chi connectivity index (χ2n) is 5.81. The molecule has 0 spiro atoms. The summed E-state index contributed by atoms with van der Waals surface area (Å²) in [6.45, 7) is 13.3. The molecule has 1 nitrogen and oxygen atoms in total. The van der Waals surface area contributed by atoms with E-state index in [0.717, 1.165) is 30.7 Å². The normalized spacial score (nSPS) is 25.2. The number of allylic oxidation sites excluding steroid dienone is 1. The maximum Gasteiger partial charge on any atom is -0.00176 e. The first kappa shape index (κ1) is 13.8. The van der Waals surface area contributed by atoms with E-state index in [9.17, 15) is 0 Å². The lowest BCUT2D eigenvalue weighted by Gasteiger charge is -2.21. The lowest BCUT2D eigenvalue weighted by atomic mass is 9.89. The van der Waals surface area contributed by atoms with Gasteiger partial charge in [0.25, 0.3) is 0 Å². The van der Waals surface area contributed by atoms with Crippen LogP contribution in [0.25, 0.3) is 0 Å². The molecule has 94 valence electrons. The largest absolute Gasteiger partial charge is 0.316 e. The average Bonchev–Trinajstić information content (AvgIpc) is 2.65. The quantitative estimate of drug-likeness (QED) is 0.643. The fourth-order valence-electron chi connectivity index (χ4n) is 2.72. The zero-order valence-electron chi connectivity index (χ0n) is 11.4. The van der Waals surface area contributed by atoms with Crippen LogP contribution in [0.3, 0.4) is 0 Å². The van der Waals surface area contributed by atoms with Crippen molar-refractivity contribution in [3.05, 3.63) is 12.2 Å². The predicted molar refractivity (Wildman–Crippen MR) is 72.6 cm³/mol. The zero-order chi connectivity index (χ0) is 12.0. The number of hydrogen-bond acceptors (Lipinski definition) is 1. The van der Waals surface area contributed by atoms with Crippen molar-refractivity contribution in [3.63, 3.8) is 0 Å². The Morgan fingerprint density at radius 2 is 2.00 bits per heavy atom. The summed E-state index contributed by atoms with van der Waals surface area (Å²) >= 11 is 0. The third-order valence-corrected chi connectivity index (χ3v) is 3.83. The van der Waals surface area contributed by atoms with Gasteiger partial charge in [0.15, 0.2) is 0 Å². The van der Waals surface area contributed by atoms with Crippen molar-refractivity contribution in [2.45, 2.75) is 52.9 Å². The van der Waals surface area contributed by atoms with Gasteiger partial charge in [-0.3, -0.25) is 0 Å². The molecule has 0 bridgehead atoms. The molecule has 0 heterocycles. The van der Waals surface area contributed by atoms with Crippen LogP contribution in [-0.4, -0.2) is 13.1 Å². The van der Waals surface area contributed by atoms with Crippen molar-refractivity contribution < 1.29 is 0 Å². The van der Waals surface area contributed by atoms with Gasteiger partial charge in [-0.1, -0.05) is 39.3 Å². The van der Waals surface area contributed by atoms with E-state index < -0.39 is 0 Å². The third-order valence-electron chi connectivity index (χ3n) is 3.83. The fraction of sp³-hybridized carbons (Fsp3) is 0.867. The van der Waals surface area contributed by atoms with Crippen LogP contribution < -0.4 is 5.32 Å². The molecule has 0 amide bonds. The van der Waals surface area contributed by atoms with Crippen molar-refractivity contribution in [1.29, 1.82) is 0 Å². The molecule has 2 unspecified atom stereocenters. The number of rotatable bonds is 7. The second kappa shape index (κ2) is 7.11. The molecular weight excluding hydrogens is 194 g/mol. The summed E-state index contributed by atoms with van der Waals surface area (Å²) in [4.78, 5) is 0. The van der Waals surface area contributed by atoms with Crippen LogP contribution in [0.1, 0.15) is 52.9 Å². The van der Waals surface area contributed by atoms with Crippen molar-refractivity contribution >= 4 is 0 Å². The summed E-state index contributed by atoms with van der Waals surface area (Å²) < 4.78 is 0. The summed E-state index contributed by atoms with van der Waals surface area (Å²) in [6, 6.07) is 0. The molecule has 1 aliphatic rings. The monoisotopic (exact) mass is 223 g/mol. The van der Waals surface area contributed by atoms with Crippen molar-refractivity contribution in [2.75, 3.05) is 13.1 Å². The molecule has 0 aromatic heterocycles. The van der Waals surface area contributed by atoms with Gasteiger partial charge in [-0.2, -0.15) is 0 Å². The SMILES string of the molecule is C=C(CC)CC1CCCC1CNCC(C)C. The van der Waals surface area contributed by atoms with Crippen LogP contribution in [0.2, 0.25) is 0 Å². The third kappa shape index (κ3) is 4.69. The molecule has 1 saturated carbocycles. The van der Waals surface area contributed by atoms with Crippen molar-refractivity contribution in [3.8, 4) is 0 Å². The first-order valence-corrected chi connectivity index (χ1v) is 7.00. The standard InChI is InChI=1S/C15H29N/c1-5-13(4)9-14-7-6-8-15(14)11-16-10-12(2)3/h12,14-16H,4-11H2,1-3H3. The van der Waals surface area contributed by atoms with Crippen molar-refractivity contribution in [2.24, 2.45) is 17.8 Å². The number of nitrogens with one attached hydrogen (secondary N) is 1. The lowest BCUT2D eigenvalue weighted by molar-refractivity contribution is 0.355. The molecule has 0 radical (unpaired) electrons. The Bertz CT molecular complexity index is 207. The van der Waals surface area contributed by atoms with Crippen LogP contribution in [0, 0.1) is 17.8 Å². The van der Waals surface area contributed by atoms with Gasteiger partial charge in [0.05, 0.1) is 0 Å². The predicted octanol–water partition coefficient (Wildman–Crippen LogP) is 4.00. The Balaban J connectivity index is 2.26. The smallest absolute Gasteiger partial charge is 0.00176 e. The summed E-state index contributed by atoms with van der Waals surface area (Å²) in [5.41, 5.74) is 1.45. The van der Waals surface area contributed by atoms with Crippen LogP contribution >= 0.6 is 0 Å². The van der Waals surface area contributed by atoms with E-state index in [1.54, 1.807) is 0 Å². The van der Waals surface area contributed by atoms with Gasteiger partial charge in [0.2, 0.25) is 0 Å². The highest BCUT2D eigenvalue weighted by Crippen LogP contribution is 2.35. The molecule has 0 aromatic carbocycles. The highest BCUT2D eigenvalue weighted by Gasteiger charge is 2.26. The topological polar surface area (TPSA) is 12.0 Å². The zero-order valence-corrected chi connectivity index (χ0v) is 11.4. The maximum absolute atomic E-state index is 4.16. The second-order valence-corrected chi connectivity index (χ2v) is 5.81. The van der Waals surface area contributed by atoms with E-state index in [-0.39, 0.29) is 0 Å². The van der Waals surface area contributed by atoms with Crippen LogP contribution in [0.4, 0.5) is 0 Å². The highest BCUT2D eigenvalue weighted by molar-refractivity contribution is 4.97. The molecule has 0 saturated heterocycles. The van der Waals surface area contributed by atoms with Gasteiger partial charge in [0.1, 0.15) is 0 Å². The molecule has 1 aliphatic carbocycles. The Morgan fingerprint density at radius 1 is 1.31 bits per heavy atom. The number of hydrogen-bond donors (Lipinski definition) is 1. The Kier molecular flexibility index (Phi) is 6.12. The van der Waals surface area contributed by atoms with Crippen LogP contribution in [-0.2, 0) is 0 Å². The van der Waals surface area contributed by atoms with E-state index >= 15 is 0 Å². The molecule has 1 heteroatoms. The van der Waals surface area contributed by atoms with Crippen molar-refractivity contribution in [1.82, 2.24) is 5.32 Å². The van der Waals surface area contributed by atoms with Gasteiger partial charge in [-0.25, -0.2) is 0 Å². The summed E-state index contributed by atoms with van der Waals surface area (Å²) in [7, 11) is 0. The molecule has 1 N–H and O–H groups in total. The minimum Gasteiger partial charge on any atom is -0.316 e. The van der Waals surface area contributed by atoms with Gasteiger partial charge in [-0.15, -0.1) is 0 Å². The Hall–Kier alpha value is -0.300. The van der Waals surface area contributed by atoms with E-state index in [1.807, 2.05) is 0 Å². The van der Waals surface area contributed by atoms with E-state index in [4.69, 9.17) is 0 Å². The van der Waals surface area contributed by atoms with Crippen LogP contribution in [0.15, 0.2) is 12.2 Å². The molecule has 1 fully saturated rings. The Labute approximate surface area is 102 Å². The average molecular weight is 223 g/mol. The first-order valence-electron chi connectivity index (χ1n) is 7.00. The Morgan fingerprint density at radius 3 is 2.62 bits per heavy atom. The van der Waals surface area contributed by atoms with Crippen LogP contribution in [0.5, 0.6) is 0 Å². The maximum atomic E-state index is 4.16. The minimum absolute atomic E-state index is 0.769. The molecule has 0 aliphatic heterocycles. The molecule has 1 rings (SSSR count). The fourth-order valence-corrected chi connectivity index (χ4v) is 2.72. The van der Waals surface area contributed by atoms with E-state index in [1.165, 1.54) is 37.8 Å². The highest BCUT2D eigenvalue weighted by atomic mass is 14.9. The molecule has 16 heavy (non-hydrogen) atoms. The summed E-state index contributed by atoms with van der Waals surface area (Å²) in [6.07, 6.45) is 6.70. The minimum atomic E-state index is 0.769. The van der Waals surface area contributed by atoms with E-state index in [0.29, 0.717) is 0 Å². The lowest BCUT2D eigenvalue weighted by Crippen LogP contribution is -2.28. The van der Waals surface area contributed by atoms with E-state index in [2.05, 4.69) is 32.7 Å². The summed E-state index contributed by atoms with van der Waals surface area (Å²) in [5, 5.41) is 3.62. The van der Waals surface area contributed by atoms with Gasteiger partial charge < -0.3 is 5.32 Å². The van der Waals surface area contributed by atoms with Gasteiger partial charge in [0, 0.05) is 0 Å². The molecular formula is C15H29N. The molecule has 2 atom stereocenters. The molecule has 0 aromatic rings. The first-order chi connectivity index (χ1) is 7.63.